The molecule has 0 bridgehead atoms. The Morgan fingerprint density at radius 2 is 1.02 bits per heavy atom. The number of benzene rings is 7. The van der Waals surface area contributed by atoms with Gasteiger partial charge in [-0.25, -0.2) is 0 Å². The first-order chi connectivity index (χ1) is 21.3. The molecule has 0 saturated carbocycles. The molecule has 0 radical (unpaired) electrons. The fraction of sp³-hybridized carbons (Fsp3) is 0. The Labute approximate surface area is 247 Å². The van der Waals surface area contributed by atoms with E-state index in [-0.39, 0.29) is 0 Å². The Kier molecular flexibility index (Phi) is 5.20. The molecular formula is C40H25NO2. The van der Waals surface area contributed by atoms with Gasteiger partial charge in [-0.3, -0.25) is 0 Å². The summed E-state index contributed by atoms with van der Waals surface area (Å²) in [6.07, 6.45) is 0. The summed E-state index contributed by atoms with van der Waals surface area (Å²) in [5, 5.41) is 6.77. The van der Waals surface area contributed by atoms with Gasteiger partial charge >= 0.3 is 0 Å². The van der Waals surface area contributed by atoms with Crippen molar-refractivity contribution in [1.82, 2.24) is 0 Å². The zero-order chi connectivity index (χ0) is 28.3. The van der Waals surface area contributed by atoms with Gasteiger partial charge in [0.2, 0.25) is 0 Å². The Hall–Kier alpha value is -5.80. The zero-order valence-electron chi connectivity index (χ0n) is 23.2. The molecule has 0 fully saturated rings. The number of hydrogen-bond acceptors (Lipinski definition) is 3. The predicted molar refractivity (Wildman–Crippen MR) is 179 cm³/mol. The predicted octanol–water partition coefficient (Wildman–Crippen LogP) is 11.8. The minimum Gasteiger partial charge on any atom is -0.456 e. The summed E-state index contributed by atoms with van der Waals surface area (Å²) in [6.45, 7) is 0. The molecule has 0 amide bonds. The van der Waals surface area contributed by atoms with Crippen LogP contribution in [0.5, 0.6) is 0 Å². The highest BCUT2D eigenvalue weighted by atomic mass is 16.3. The van der Waals surface area contributed by atoms with Gasteiger partial charge in [-0.05, 0) is 82.6 Å². The van der Waals surface area contributed by atoms with E-state index in [0.717, 1.165) is 66.3 Å². The van der Waals surface area contributed by atoms with Gasteiger partial charge in [0.15, 0.2) is 0 Å². The first kappa shape index (κ1) is 23.9. The summed E-state index contributed by atoms with van der Waals surface area (Å²) in [5.41, 5.74) is 9.14. The quantitative estimate of drug-likeness (QED) is 0.218. The molecule has 2 heterocycles. The Balaban J connectivity index is 1.27. The van der Waals surface area contributed by atoms with Crippen LogP contribution in [0.4, 0.5) is 17.1 Å². The van der Waals surface area contributed by atoms with Crippen molar-refractivity contribution < 1.29 is 8.83 Å². The van der Waals surface area contributed by atoms with E-state index in [1.807, 2.05) is 36.4 Å². The van der Waals surface area contributed by atoms with Gasteiger partial charge in [-0.15, -0.1) is 0 Å². The molecule has 43 heavy (non-hydrogen) atoms. The highest BCUT2D eigenvalue weighted by Gasteiger charge is 2.20. The van der Waals surface area contributed by atoms with Crippen molar-refractivity contribution in [3.63, 3.8) is 0 Å². The molecule has 0 aliphatic rings. The van der Waals surface area contributed by atoms with Crippen LogP contribution in [0.15, 0.2) is 160 Å². The number of fused-ring (bicyclic) bond motifs is 7. The average molecular weight is 552 g/mol. The topological polar surface area (TPSA) is 29.5 Å². The molecule has 2 aromatic heterocycles. The van der Waals surface area contributed by atoms with Gasteiger partial charge in [-0.1, -0.05) is 91.0 Å². The summed E-state index contributed by atoms with van der Waals surface area (Å²) in [5.74, 6) is 0. The molecule has 0 unspecified atom stereocenters. The van der Waals surface area contributed by atoms with Gasteiger partial charge in [0.1, 0.15) is 22.3 Å². The molecule has 9 aromatic rings. The van der Waals surface area contributed by atoms with Crippen molar-refractivity contribution in [2.24, 2.45) is 0 Å². The lowest BCUT2D eigenvalue weighted by atomic mass is 10.0. The second kappa shape index (κ2) is 9.37. The standard InChI is InChI=1S/C40H25NO2/c1-2-9-26(10-3-1)27-17-20-30(21-18-27)41(35-13-8-16-38-40(35)33-12-5-7-15-37(33)42-38)31-22-19-28-24-34-32-11-4-6-14-36(32)43-39(34)25-29(28)23-31/h1-25H. The van der Waals surface area contributed by atoms with Gasteiger partial charge < -0.3 is 13.7 Å². The molecule has 7 aromatic carbocycles. The summed E-state index contributed by atoms with van der Waals surface area (Å²) in [6, 6.07) is 53.2. The lowest BCUT2D eigenvalue weighted by Crippen LogP contribution is -2.10. The number of hydrogen-bond donors (Lipinski definition) is 0. The highest BCUT2D eigenvalue weighted by Crippen LogP contribution is 2.44. The van der Waals surface area contributed by atoms with Crippen LogP contribution in [0.1, 0.15) is 0 Å². The average Bonchev–Trinajstić information content (AvgIpc) is 3.63. The van der Waals surface area contributed by atoms with Crippen LogP contribution in [0.2, 0.25) is 0 Å². The number of furan rings is 2. The van der Waals surface area contributed by atoms with E-state index in [9.17, 15) is 0 Å². The van der Waals surface area contributed by atoms with Crippen LogP contribution in [0.25, 0.3) is 65.8 Å². The van der Waals surface area contributed by atoms with Crippen LogP contribution in [-0.4, -0.2) is 0 Å². The molecule has 0 aliphatic heterocycles. The lowest BCUT2D eigenvalue weighted by molar-refractivity contribution is 0.669. The Morgan fingerprint density at radius 1 is 0.372 bits per heavy atom. The number of nitrogens with zero attached hydrogens (tertiary/aromatic N) is 1. The van der Waals surface area contributed by atoms with E-state index in [1.54, 1.807) is 0 Å². The summed E-state index contributed by atoms with van der Waals surface area (Å²) >= 11 is 0. The maximum absolute atomic E-state index is 6.30. The molecular weight excluding hydrogens is 526 g/mol. The zero-order valence-corrected chi connectivity index (χ0v) is 23.2. The second-order valence-corrected chi connectivity index (χ2v) is 11.0. The van der Waals surface area contributed by atoms with Gasteiger partial charge in [0, 0.05) is 27.5 Å². The van der Waals surface area contributed by atoms with Crippen LogP contribution in [-0.2, 0) is 0 Å². The largest absolute Gasteiger partial charge is 0.456 e. The Bertz CT molecular complexity index is 2450. The minimum atomic E-state index is 0.870. The number of anilines is 3. The van der Waals surface area contributed by atoms with Gasteiger partial charge in [0.05, 0.1) is 11.1 Å². The third-order valence-electron chi connectivity index (χ3n) is 8.43. The summed E-state index contributed by atoms with van der Waals surface area (Å²) in [7, 11) is 0. The van der Waals surface area contributed by atoms with E-state index in [4.69, 9.17) is 8.83 Å². The molecule has 9 rings (SSSR count). The number of para-hydroxylation sites is 2. The van der Waals surface area contributed by atoms with Crippen LogP contribution >= 0.6 is 0 Å². The highest BCUT2D eigenvalue weighted by molar-refractivity contribution is 6.14. The second-order valence-electron chi connectivity index (χ2n) is 11.0. The van der Waals surface area contributed by atoms with E-state index in [1.165, 1.54) is 16.5 Å². The lowest BCUT2D eigenvalue weighted by Gasteiger charge is -2.27. The van der Waals surface area contributed by atoms with Crippen molar-refractivity contribution >= 4 is 71.7 Å². The minimum absolute atomic E-state index is 0.870. The van der Waals surface area contributed by atoms with E-state index in [2.05, 4.69) is 120 Å². The normalized spacial score (nSPS) is 11.7. The first-order valence-electron chi connectivity index (χ1n) is 14.5. The van der Waals surface area contributed by atoms with Crippen molar-refractivity contribution in [3.05, 3.63) is 152 Å². The molecule has 0 atom stereocenters. The Morgan fingerprint density at radius 3 is 1.86 bits per heavy atom. The van der Waals surface area contributed by atoms with Gasteiger partial charge in [-0.2, -0.15) is 0 Å². The van der Waals surface area contributed by atoms with E-state index < -0.39 is 0 Å². The summed E-state index contributed by atoms with van der Waals surface area (Å²) < 4.78 is 12.6. The molecule has 0 spiro atoms. The summed E-state index contributed by atoms with van der Waals surface area (Å²) in [4.78, 5) is 2.33. The maximum atomic E-state index is 6.30. The third-order valence-corrected chi connectivity index (χ3v) is 8.43. The van der Waals surface area contributed by atoms with Gasteiger partial charge in [0.25, 0.3) is 0 Å². The molecule has 0 N–H and O–H groups in total. The van der Waals surface area contributed by atoms with Crippen LogP contribution < -0.4 is 4.90 Å². The maximum Gasteiger partial charge on any atom is 0.137 e. The SMILES string of the molecule is c1ccc(-c2ccc(N(c3ccc4cc5c(cc4c3)oc3ccccc35)c3cccc4oc5ccccc5c34)cc2)cc1. The molecule has 3 nitrogen and oxygen atoms in total. The molecule has 3 heteroatoms. The van der Waals surface area contributed by atoms with E-state index in [0.29, 0.717) is 0 Å². The van der Waals surface area contributed by atoms with Crippen LogP contribution in [0.3, 0.4) is 0 Å². The van der Waals surface area contributed by atoms with Crippen molar-refractivity contribution in [2.45, 2.75) is 0 Å². The van der Waals surface area contributed by atoms with Crippen molar-refractivity contribution in [3.8, 4) is 11.1 Å². The van der Waals surface area contributed by atoms with Crippen LogP contribution in [0, 0.1) is 0 Å². The fourth-order valence-corrected chi connectivity index (χ4v) is 6.40. The van der Waals surface area contributed by atoms with E-state index >= 15 is 0 Å². The van der Waals surface area contributed by atoms with Crippen molar-refractivity contribution in [1.29, 1.82) is 0 Å². The van der Waals surface area contributed by atoms with Crippen molar-refractivity contribution in [2.75, 3.05) is 4.90 Å². The molecule has 0 aliphatic carbocycles. The smallest absolute Gasteiger partial charge is 0.137 e. The molecule has 202 valence electrons. The molecule has 0 saturated heterocycles. The monoisotopic (exact) mass is 551 g/mol. The fourth-order valence-electron chi connectivity index (χ4n) is 6.40. The number of rotatable bonds is 4. The third kappa shape index (κ3) is 3.83. The first-order valence-corrected chi connectivity index (χ1v) is 14.5.